The number of amides is 1. The normalized spacial score (nSPS) is 11.0. The fourth-order valence-electron chi connectivity index (χ4n) is 2.10. The van der Waals surface area contributed by atoms with Crippen molar-refractivity contribution < 1.29 is 9.53 Å². The maximum Gasteiger partial charge on any atom is 0.241 e. The molecule has 1 aromatic carbocycles. The van der Waals surface area contributed by atoms with Crippen LogP contribution >= 0.6 is 0 Å². The average molecular weight is 303 g/mol. The zero-order valence-electron chi connectivity index (χ0n) is 12.9. The Bertz CT molecular complexity index is 694. The van der Waals surface area contributed by atoms with Crippen molar-refractivity contribution in [3.05, 3.63) is 40.7 Å². The number of para-hydroxylation sites is 1. The van der Waals surface area contributed by atoms with Gasteiger partial charge in [-0.05, 0) is 32.4 Å². The van der Waals surface area contributed by atoms with Crippen molar-refractivity contribution in [1.82, 2.24) is 15.1 Å². The molecule has 0 aliphatic carbocycles. The molecule has 1 heterocycles. The summed E-state index contributed by atoms with van der Waals surface area (Å²) < 4.78 is 6.95. The minimum Gasteiger partial charge on any atom is -0.379 e. The highest BCUT2D eigenvalue weighted by molar-refractivity contribution is 5.81. The van der Waals surface area contributed by atoms with Crippen molar-refractivity contribution in [3.8, 4) is 0 Å². The maximum absolute atomic E-state index is 11.9. The summed E-state index contributed by atoms with van der Waals surface area (Å²) in [4.78, 5) is 23.7. The Morgan fingerprint density at radius 3 is 2.91 bits per heavy atom. The summed E-state index contributed by atoms with van der Waals surface area (Å²) in [5.74, 6) is -0.133. The van der Waals surface area contributed by atoms with Gasteiger partial charge in [-0.25, -0.2) is 0 Å². The molecule has 1 aromatic heterocycles. The molecule has 0 atom stereocenters. The van der Waals surface area contributed by atoms with Crippen LogP contribution in [0.1, 0.15) is 20.3 Å². The van der Waals surface area contributed by atoms with Gasteiger partial charge in [-0.15, -0.1) is 0 Å². The van der Waals surface area contributed by atoms with Crippen LogP contribution in [0.2, 0.25) is 0 Å². The lowest BCUT2D eigenvalue weighted by Crippen LogP contribution is -2.30. The Hall–Kier alpha value is -2.21. The van der Waals surface area contributed by atoms with E-state index in [-0.39, 0.29) is 24.0 Å². The molecule has 2 rings (SSSR count). The monoisotopic (exact) mass is 303 g/mol. The highest BCUT2D eigenvalue weighted by Crippen LogP contribution is 2.07. The van der Waals surface area contributed by atoms with Crippen LogP contribution in [0.4, 0.5) is 0 Å². The first-order valence-corrected chi connectivity index (χ1v) is 7.41. The molecule has 22 heavy (non-hydrogen) atoms. The Kier molecular flexibility index (Phi) is 5.66. The largest absolute Gasteiger partial charge is 0.379 e. The molecular weight excluding hydrogens is 282 g/mol. The van der Waals surface area contributed by atoms with Gasteiger partial charge >= 0.3 is 0 Å². The van der Waals surface area contributed by atoms with E-state index >= 15 is 0 Å². The predicted octanol–water partition coefficient (Wildman–Crippen LogP) is 1.33. The lowest BCUT2D eigenvalue weighted by Gasteiger charge is -2.10. The van der Waals surface area contributed by atoms with Crippen molar-refractivity contribution in [2.24, 2.45) is 0 Å². The van der Waals surface area contributed by atoms with Crippen molar-refractivity contribution in [2.75, 3.05) is 13.2 Å². The van der Waals surface area contributed by atoms with Gasteiger partial charge in [0.25, 0.3) is 0 Å². The minimum absolute atomic E-state index is 0.0891. The van der Waals surface area contributed by atoms with Gasteiger partial charge in [-0.1, -0.05) is 12.1 Å². The van der Waals surface area contributed by atoms with Crippen LogP contribution in [0.15, 0.2) is 35.3 Å². The summed E-state index contributed by atoms with van der Waals surface area (Å²) in [6.45, 7) is 5.23. The summed E-state index contributed by atoms with van der Waals surface area (Å²) >= 11 is 0. The molecule has 0 spiro atoms. The third-order valence-corrected chi connectivity index (χ3v) is 3.15. The zero-order chi connectivity index (χ0) is 15.9. The van der Waals surface area contributed by atoms with Gasteiger partial charge in [0.2, 0.25) is 11.3 Å². The molecule has 0 aliphatic rings. The van der Waals surface area contributed by atoms with E-state index in [0.29, 0.717) is 24.1 Å². The number of benzene rings is 1. The van der Waals surface area contributed by atoms with Gasteiger partial charge in [0.05, 0.1) is 17.8 Å². The van der Waals surface area contributed by atoms with Crippen LogP contribution in [-0.4, -0.2) is 34.9 Å². The number of ether oxygens (including phenoxy) is 1. The second-order valence-corrected chi connectivity index (χ2v) is 5.31. The van der Waals surface area contributed by atoms with Gasteiger partial charge < -0.3 is 10.1 Å². The van der Waals surface area contributed by atoms with Gasteiger partial charge in [-0.2, -0.15) is 5.10 Å². The van der Waals surface area contributed by atoms with Crippen molar-refractivity contribution in [2.45, 2.75) is 32.9 Å². The second-order valence-electron chi connectivity index (χ2n) is 5.31. The van der Waals surface area contributed by atoms with E-state index in [1.807, 2.05) is 19.9 Å². The predicted molar refractivity (Wildman–Crippen MR) is 84.7 cm³/mol. The first-order chi connectivity index (χ1) is 10.6. The van der Waals surface area contributed by atoms with Gasteiger partial charge in [0.1, 0.15) is 6.54 Å². The molecule has 0 saturated heterocycles. The highest BCUT2D eigenvalue weighted by Gasteiger charge is 2.07. The van der Waals surface area contributed by atoms with Crippen LogP contribution in [0.3, 0.4) is 0 Å². The van der Waals surface area contributed by atoms with E-state index in [9.17, 15) is 9.59 Å². The average Bonchev–Trinajstić information content (AvgIpc) is 2.50. The third-order valence-electron chi connectivity index (χ3n) is 3.15. The summed E-state index contributed by atoms with van der Waals surface area (Å²) in [5.41, 5.74) is 0.520. The summed E-state index contributed by atoms with van der Waals surface area (Å²) in [5, 5.41) is 7.42. The molecular formula is C16H21N3O3. The van der Waals surface area contributed by atoms with E-state index < -0.39 is 0 Å². The summed E-state index contributed by atoms with van der Waals surface area (Å²) in [6, 6.07) is 7.13. The van der Waals surface area contributed by atoms with Crippen molar-refractivity contribution in [3.63, 3.8) is 0 Å². The standard InChI is InChI=1S/C16H21N3O3/c1-12(2)22-9-5-8-17-16(21)11-19-14-7-4-3-6-13(14)15(20)10-18-19/h3-4,6-7,10,12H,5,8-9,11H2,1-2H3,(H,17,21). The number of nitrogens with zero attached hydrogens (tertiary/aromatic N) is 2. The number of hydrogen-bond donors (Lipinski definition) is 1. The number of carbonyl (C=O) groups excluding carboxylic acids is 1. The Morgan fingerprint density at radius 1 is 1.36 bits per heavy atom. The molecule has 0 radical (unpaired) electrons. The first kappa shape index (κ1) is 16.2. The number of aromatic nitrogens is 2. The molecule has 0 saturated carbocycles. The van der Waals surface area contributed by atoms with Crippen LogP contribution in [-0.2, 0) is 16.1 Å². The quantitative estimate of drug-likeness (QED) is 0.783. The van der Waals surface area contributed by atoms with Crippen LogP contribution < -0.4 is 10.7 Å². The van der Waals surface area contributed by atoms with E-state index in [1.54, 1.807) is 18.2 Å². The molecule has 1 N–H and O–H groups in total. The van der Waals surface area contributed by atoms with E-state index in [2.05, 4.69) is 10.4 Å². The fraction of sp³-hybridized carbons (Fsp3) is 0.438. The molecule has 118 valence electrons. The minimum atomic E-state index is -0.141. The van der Waals surface area contributed by atoms with Crippen molar-refractivity contribution >= 4 is 16.8 Å². The first-order valence-electron chi connectivity index (χ1n) is 7.41. The Morgan fingerprint density at radius 2 is 2.14 bits per heavy atom. The zero-order valence-corrected chi connectivity index (χ0v) is 12.9. The molecule has 0 aliphatic heterocycles. The second kappa shape index (κ2) is 7.70. The molecule has 0 bridgehead atoms. The van der Waals surface area contributed by atoms with Gasteiger partial charge in [-0.3, -0.25) is 14.3 Å². The number of hydrogen-bond acceptors (Lipinski definition) is 4. The lowest BCUT2D eigenvalue weighted by atomic mass is 10.2. The van der Waals surface area contributed by atoms with E-state index in [1.165, 1.54) is 10.9 Å². The van der Waals surface area contributed by atoms with Crippen LogP contribution in [0.25, 0.3) is 10.9 Å². The third kappa shape index (κ3) is 4.39. The molecule has 2 aromatic rings. The Labute approximate surface area is 129 Å². The van der Waals surface area contributed by atoms with Gasteiger partial charge in [0, 0.05) is 18.5 Å². The van der Waals surface area contributed by atoms with Gasteiger partial charge in [0.15, 0.2) is 0 Å². The molecule has 0 unspecified atom stereocenters. The molecule has 6 nitrogen and oxygen atoms in total. The Balaban J connectivity index is 1.92. The number of rotatable bonds is 7. The number of fused-ring (bicyclic) bond motifs is 1. The smallest absolute Gasteiger partial charge is 0.241 e. The van der Waals surface area contributed by atoms with Crippen LogP contribution in [0.5, 0.6) is 0 Å². The summed E-state index contributed by atoms with van der Waals surface area (Å²) in [7, 11) is 0. The van der Waals surface area contributed by atoms with Crippen LogP contribution in [0, 0.1) is 0 Å². The molecule has 0 fully saturated rings. The number of nitrogens with one attached hydrogen (secondary N) is 1. The highest BCUT2D eigenvalue weighted by atomic mass is 16.5. The molecule has 6 heteroatoms. The topological polar surface area (TPSA) is 73.2 Å². The van der Waals surface area contributed by atoms with Crippen molar-refractivity contribution in [1.29, 1.82) is 0 Å². The number of carbonyl (C=O) groups is 1. The SMILES string of the molecule is CC(C)OCCCNC(=O)Cn1ncc(=O)c2ccccc21. The summed E-state index contributed by atoms with van der Waals surface area (Å²) in [6.07, 6.45) is 2.21. The fourth-order valence-corrected chi connectivity index (χ4v) is 2.10. The lowest BCUT2D eigenvalue weighted by molar-refractivity contribution is -0.121. The van der Waals surface area contributed by atoms with E-state index in [0.717, 1.165) is 6.42 Å². The maximum atomic E-state index is 11.9. The van der Waals surface area contributed by atoms with E-state index in [4.69, 9.17) is 4.74 Å². The molecule has 1 amide bonds.